The van der Waals surface area contributed by atoms with Crippen LogP contribution in [0.15, 0.2) is 48.0 Å². The molecule has 1 aliphatic rings. The number of benzene rings is 2. The minimum atomic E-state index is -0.757. The Balaban J connectivity index is 2.13. The molecule has 0 unspecified atom stereocenters. The van der Waals surface area contributed by atoms with E-state index < -0.39 is 17.7 Å². The Kier molecular flexibility index (Phi) is 7.43. The molecule has 32 heavy (non-hydrogen) atoms. The molecule has 0 saturated carbocycles. The van der Waals surface area contributed by atoms with Crippen LogP contribution in [0.1, 0.15) is 23.6 Å². The lowest BCUT2D eigenvalue weighted by Crippen LogP contribution is -2.32. The number of methoxy groups -OCH3 is 2. The summed E-state index contributed by atoms with van der Waals surface area (Å²) in [5.74, 6) is -0.607. The maximum atomic E-state index is 13.1. The predicted octanol–water partition coefficient (Wildman–Crippen LogP) is 3.73. The van der Waals surface area contributed by atoms with Gasteiger partial charge in [0.05, 0.1) is 25.8 Å². The van der Waals surface area contributed by atoms with E-state index in [1.54, 1.807) is 42.5 Å². The molecule has 2 aromatic carbocycles. The van der Waals surface area contributed by atoms with Gasteiger partial charge in [0.15, 0.2) is 11.5 Å². The minimum absolute atomic E-state index is 0.0365. The van der Waals surface area contributed by atoms with Crippen LogP contribution in [0.5, 0.6) is 11.5 Å². The van der Waals surface area contributed by atoms with Crippen LogP contribution in [0.2, 0.25) is 5.02 Å². The number of aliphatic hydroxyl groups excluding tert-OH is 1. The van der Waals surface area contributed by atoms with Gasteiger partial charge in [-0.05, 0) is 69.0 Å². The highest BCUT2D eigenvalue weighted by atomic mass is 35.5. The molecule has 7 nitrogen and oxygen atoms in total. The molecule has 0 radical (unpaired) electrons. The van der Waals surface area contributed by atoms with E-state index in [-0.39, 0.29) is 11.3 Å². The zero-order chi connectivity index (χ0) is 23.4. The van der Waals surface area contributed by atoms with Gasteiger partial charge in [-0.2, -0.15) is 0 Å². The smallest absolute Gasteiger partial charge is 0.295 e. The molecular weight excluding hydrogens is 432 g/mol. The summed E-state index contributed by atoms with van der Waals surface area (Å²) in [7, 11) is 6.94. The normalized spacial score (nSPS) is 17.8. The third-order valence-corrected chi connectivity index (χ3v) is 5.64. The second-order valence-corrected chi connectivity index (χ2v) is 8.21. The van der Waals surface area contributed by atoms with Crippen molar-refractivity contribution >= 4 is 29.1 Å². The number of hydrogen-bond acceptors (Lipinski definition) is 6. The second kappa shape index (κ2) is 10.1. The monoisotopic (exact) mass is 458 g/mol. The third-order valence-electron chi connectivity index (χ3n) is 5.39. The van der Waals surface area contributed by atoms with Crippen molar-refractivity contribution in [1.29, 1.82) is 0 Å². The summed E-state index contributed by atoms with van der Waals surface area (Å²) in [5, 5.41) is 11.6. The van der Waals surface area contributed by atoms with Crippen LogP contribution >= 0.6 is 11.6 Å². The van der Waals surface area contributed by atoms with Crippen molar-refractivity contribution in [3.8, 4) is 11.5 Å². The molecule has 1 atom stereocenters. The Bertz CT molecular complexity index is 1030. The highest BCUT2D eigenvalue weighted by Gasteiger charge is 2.46. The van der Waals surface area contributed by atoms with Crippen LogP contribution in [0, 0.1) is 0 Å². The van der Waals surface area contributed by atoms with E-state index in [2.05, 4.69) is 0 Å². The molecule has 0 spiro atoms. The predicted molar refractivity (Wildman–Crippen MR) is 123 cm³/mol. The SMILES string of the molecule is COc1ccc([C@@H]2/C(=C(\O)c3ccc(Cl)cc3)C(=O)C(=O)N2CCCN(C)C)cc1OC. The number of aliphatic hydroxyl groups is 1. The van der Waals surface area contributed by atoms with Gasteiger partial charge in [0.1, 0.15) is 5.76 Å². The van der Waals surface area contributed by atoms with Gasteiger partial charge < -0.3 is 24.4 Å². The zero-order valence-electron chi connectivity index (χ0n) is 18.6. The van der Waals surface area contributed by atoms with E-state index >= 15 is 0 Å². The first-order chi connectivity index (χ1) is 15.3. The van der Waals surface area contributed by atoms with E-state index in [9.17, 15) is 14.7 Å². The maximum Gasteiger partial charge on any atom is 0.295 e. The first-order valence-corrected chi connectivity index (χ1v) is 10.6. The fourth-order valence-corrected chi connectivity index (χ4v) is 3.93. The van der Waals surface area contributed by atoms with Gasteiger partial charge in [0.2, 0.25) is 0 Å². The lowest BCUT2D eigenvalue weighted by Gasteiger charge is -2.26. The summed E-state index contributed by atoms with van der Waals surface area (Å²) in [6.07, 6.45) is 0.671. The van der Waals surface area contributed by atoms with Crippen LogP contribution in [-0.4, -0.2) is 68.0 Å². The number of rotatable bonds is 8. The average Bonchev–Trinajstić information content (AvgIpc) is 3.03. The van der Waals surface area contributed by atoms with Crippen LogP contribution in [0.25, 0.3) is 5.76 Å². The summed E-state index contributed by atoms with van der Waals surface area (Å²) >= 11 is 5.96. The first-order valence-electron chi connectivity index (χ1n) is 10.2. The Hall–Kier alpha value is -3.03. The average molecular weight is 459 g/mol. The Morgan fingerprint density at radius 3 is 2.31 bits per heavy atom. The number of carbonyl (C=O) groups is 2. The Labute approximate surface area is 192 Å². The standard InChI is InChI=1S/C24H27ClN2O5/c1-26(2)12-5-13-27-21(16-8-11-18(31-3)19(14-16)32-4)20(23(29)24(27)30)22(28)15-6-9-17(25)10-7-15/h6-11,14,21,28H,5,12-13H2,1-4H3/b22-20+/t21-/m1/s1. The van der Waals surface area contributed by atoms with Crippen molar-refractivity contribution in [2.45, 2.75) is 12.5 Å². The number of amides is 1. The molecule has 1 heterocycles. The summed E-state index contributed by atoms with van der Waals surface area (Å²) in [5.41, 5.74) is 1.09. The molecule has 1 N–H and O–H groups in total. The van der Waals surface area contributed by atoms with E-state index in [4.69, 9.17) is 21.1 Å². The quantitative estimate of drug-likeness (QED) is 0.369. The number of ketones is 1. The summed E-state index contributed by atoms with van der Waals surface area (Å²) in [6.45, 7) is 1.11. The summed E-state index contributed by atoms with van der Waals surface area (Å²) in [6, 6.07) is 10.9. The van der Waals surface area contributed by atoms with Gasteiger partial charge in [-0.15, -0.1) is 0 Å². The van der Waals surface area contributed by atoms with Crippen molar-refractivity contribution in [1.82, 2.24) is 9.80 Å². The van der Waals surface area contributed by atoms with E-state index in [1.165, 1.54) is 19.1 Å². The number of Topliss-reactive ketones (excluding diaryl/α,β-unsaturated/α-hetero) is 1. The van der Waals surface area contributed by atoms with Gasteiger partial charge in [0, 0.05) is 17.1 Å². The Morgan fingerprint density at radius 1 is 1.06 bits per heavy atom. The molecule has 1 fully saturated rings. The summed E-state index contributed by atoms with van der Waals surface area (Å²) < 4.78 is 10.7. The van der Waals surface area contributed by atoms with Gasteiger partial charge in [-0.1, -0.05) is 17.7 Å². The molecule has 3 rings (SSSR count). The number of likely N-dealkylation sites (tertiary alicyclic amines) is 1. The number of hydrogen-bond donors (Lipinski definition) is 1. The highest BCUT2D eigenvalue weighted by Crippen LogP contribution is 2.42. The van der Waals surface area contributed by atoms with Crippen molar-refractivity contribution in [2.24, 2.45) is 0 Å². The maximum absolute atomic E-state index is 13.1. The number of halogens is 1. The Morgan fingerprint density at radius 2 is 1.72 bits per heavy atom. The van der Waals surface area contributed by atoms with Crippen LogP contribution in [-0.2, 0) is 9.59 Å². The highest BCUT2D eigenvalue weighted by molar-refractivity contribution is 6.46. The van der Waals surface area contributed by atoms with Crippen molar-refractivity contribution < 1.29 is 24.2 Å². The molecule has 1 amide bonds. The number of nitrogens with zero attached hydrogens (tertiary/aromatic N) is 2. The van der Waals surface area contributed by atoms with Gasteiger partial charge in [-0.25, -0.2) is 0 Å². The summed E-state index contributed by atoms with van der Waals surface area (Å²) in [4.78, 5) is 29.6. The topological polar surface area (TPSA) is 79.3 Å². The molecule has 2 aromatic rings. The van der Waals surface area contributed by atoms with Crippen molar-refractivity contribution in [3.05, 3.63) is 64.2 Å². The number of carbonyl (C=O) groups excluding carboxylic acids is 2. The molecule has 0 aliphatic carbocycles. The zero-order valence-corrected chi connectivity index (χ0v) is 19.3. The van der Waals surface area contributed by atoms with Crippen LogP contribution in [0.4, 0.5) is 0 Å². The van der Waals surface area contributed by atoms with E-state index in [0.29, 0.717) is 40.6 Å². The van der Waals surface area contributed by atoms with Gasteiger partial charge >= 0.3 is 0 Å². The first kappa shape index (κ1) is 23.6. The molecule has 0 bridgehead atoms. The van der Waals surface area contributed by atoms with Gasteiger partial charge in [-0.3, -0.25) is 9.59 Å². The van der Waals surface area contributed by atoms with Gasteiger partial charge in [0.25, 0.3) is 11.7 Å². The molecule has 1 aliphatic heterocycles. The number of ether oxygens (including phenoxy) is 2. The second-order valence-electron chi connectivity index (χ2n) is 7.77. The lowest BCUT2D eigenvalue weighted by atomic mass is 9.95. The lowest BCUT2D eigenvalue weighted by molar-refractivity contribution is -0.139. The molecule has 1 saturated heterocycles. The minimum Gasteiger partial charge on any atom is -0.507 e. The molecule has 170 valence electrons. The van der Waals surface area contributed by atoms with E-state index in [1.807, 2.05) is 19.0 Å². The fourth-order valence-electron chi connectivity index (χ4n) is 3.80. The molecule has 0 aromatic heterocycles. The van der Waals surface area contributed by atoms with Crippen LogP contribution < -0.4 is 9.47 Å². The largest absolute Gasteiger partial charge is 0.507 e. The van der Waals surface area contributed by atoms with Crippen LogP contribution in [0.3, 0.4) is 0 Å². The van der Waals surface area contributed by atoms with E-state index in [0.717, 1.165) is 6.54 Å². The fraction of sp³-hybridized carbons (Fsp3) is 0.333. The molecular formula is C24H27ClN2O5. The molecule has 8 heteroatoms. The van der Waals surface area contributed by atoms with Crippen molar-refractivity contribution in [3.63, 3.8) is 0 Å². The van der Waals surface area contributed by atoms with Crippen molar-refractivity contribution in [2.75, 3.05) is 41.4 Å². The third kappa shape index (κ3) is 4.74.